The molecule has 2 amide bonds. The number of urea groups is 1. The first-order chi connectivity index (χ1) is 15.8. The van der Waals surface area contributed by atoms with Crippen molar-refractivity contribution >= 4 is 29.3 Å². The zero-order valence-corrected chi connectivity index (χ0v) is 21.0. The number of nitrogens with zero attached hydrogens (tertiary/aromatic N) is 3. The summed E-state index contributed by atoms with van der Waals surface area (Å²) in [7, 11) is 0. The Labute approximate surface area is 200 Å². The molecular weight excluding hydrogens is 438 g/mol. The van der Waals surface area contributed by atoms with E-state index < -0.39 is 0 Å². The molecule has 1 fully saturated rings. The van der Waals surface area contributed by atoms with Crippen LogP contribution in [0.3, 0.4) is 0 Å². The van der Waals surface area contributed by atoms with E-state index in [4.69, 9.17) is 19.4 Å². The summed E-state index contributed by atoms with van der Waals surface area (Å²) in [5.41, 5.74) is 2.19. The van der Waals surface area contributed by atoms with Crippen LogP contribution in [0.5, 0.6) is 0 Å². The highest BCUT2D eigenvalue weighted by Gasteiger charge is 2.23. The number of nitrogens with one attached hydrogen (secondary N) is 2. The number of aromatic nitrogens is 2. The number of hydrogen-bond acceptors (Lipinski definition) is 7. The lowest BCUT2D eigenvalue weighted by atomic mass is 10.1. The molecule has 1 aromatic heterocycles. The fourth-order valence-electron chi connectivity index (χ4n) is 3.60. The average Bonchev–Trinajstić information content (AvgIpc) is 2.78. The number of carbonyl (C=O) groups is 1. The van der Waals surface area contributed by atoms with Crippen molar-refractivity contribution < 1.29 is 14.3 Å². The maximum Gasteiger partial charge on any atom is 0.319 e. The van der Waals surface area contributed by atoms with Gasteiger partial charge in [-0.3, -0.25) is 0 Å². The Morgan fingerprint density at radius 1 is 1.30 bits per heavy atom. The number of rotatable bonds is 9. The van der Waals surface area contributed by atoms with Gasteiger partial charge in [-0.25, -0.2) is 14.8 Å². The molecule has 3 rings (SSSR count). The molecule has 2 N–H and O–H groups in total. The molecule has 180 valence electrons. The molecule has 1 saturated heterocycles. The van der Waals surface area contributed by atoms with E-state index in [1.807, 2.05) is 37.3 Å². The fraction of sp³-hybridized carbons (Fsp3) is 0.542. The van der Waals surface area contributed by atoms with Gasteiger partial charge in [0.25, 0.3) is 0 Å². The van der Waals surface area contributed by atoms with E-state index in [1.165, 1.54) is 0 Å². The molecule has 0 saturated carbocycles. The number of carbonyl (C=O) groups excluding carboxylic acids is 1. The third-order valence-electron chi connectivity index (χ3n) is 5.27. The van der Waals surface area contributed by atoms with Gasteiger partial charge in [-0.15, -0.1) is 0 Å². The van der Waals surface area contributed by atoms with Crippen LogP contribution in [0.25, 0.3) is 11.4 Å². The highest BCUT2D eigenvalue weighted by Crippen LogP contribution is 2.26. The average molecular weight is 474 g/mol. The first-order valence-corrected chi connectivity index (χ1v) is 12.7. The van der Waals surface area contributed by atoms with Gasteiger partial charge in [-0.2, -0.15) is 11.8 Å². The molecule has 9 heteroatoms. The Morgan fingerprint density at radius 2 is 2.06 bits per heavy atom. The minimum atomic E-state index is -0.247. The molecule has 1 atom stereocenters. The molecular formula is C24H35N5O3S. The molecule has 1 aliphatic rings. The van der Waals surface area contributed by atoms with Crippen LogP contribution in [-0.4, -0.2) is 66.0 Å². The summed E-state index contributed by atoms with van der Waals surface area (Å²) in [5, 5.41) is 5.54. The quantitative estimate of drug-likeness (QED) is 0.565. The summed E-state index contributed by atoms with van der Waals surface area (Å²) < 4.78 is 11.8. The van der Waals surface area contributed by atoms with Gasteiger partial charge in [0.05, 0.1) is 37.2 Å². The minimum absolute atomic E-state index is 0.225. The van der Waals surface area contributed by atoms with Crippen molar-refractivity contribution in [1.82, 2.24) is 15.3 Å². The summed E-state index contributed by atoms with van der Waals surface area (Å²) >= 11 is 1.76. The summed E-state index contributed by atoms with van der Waals surface area (Å²) in [5.74, 6) is 2.41. The molecule has 1 aliphatic heterocycles. The van der Waals surface area contributed by atoms with Crippen molar-refractivity contribution in [3.05, 3.63) is 36.0 Å². The van der Waals surface area contributed by atoms with E-state index >= 15 is 0 Å². The van der Waals surface area contributed by atoms with Crippen LogP contribution in [-0.2, 0) is 16.1 Å². The topological polar surface area (TPSA) is 88.6 Å². The maximum atomic E-state index is 11.8. The normalized spacial score (nSPS) is 16.5. The van der Waals surface area contributed by atoms with Crippen LogP contribution in [0, 0.1) is 0 Å². The number of ether oxygens (including phenoxy) is 2. The molecule has 1 aromatic carbocycles. The fourth-order valence-corrected chi connectivity index (χ4v) is 4.38. The summed E-state index contributed by atoms with van der Waals surface area (Å²) in [4.78, 5) is 23.7. The lowest BCUT2D eigenvalue weighted by molar-refractivity contribution is -0.0127. The van der Waals surface area contributed by atoms with E-state index in [1.54, 1.807) is 11.8 Å². The number of hydrogen-bond donors (Lipinski definition) is 2. The van der Waals surface area contributed by atoms with Crippen LogP contribution in [0.1, 0.15) is 33.4 Å². The molecule has 0 unspecified atom stereocenters. The van der Waals surface area contributed by atoms with Gasteiger partial charge in [0.1, 0.15) is 5.82 Å². The highest BCUT2D eigenvalue weighted by molar-refractivity contribution is 7.98. The second-order valence-corrected chi connectivity index (χ2v) is 9.57. The van der Waals surface area contributed by atoms with Crippen molar-refractivity contribution in [2.45, 2.75) is 45.9 Å². The van der Waals surface area contributed by atoms with Crippen molar-refractivity contribution in [1.29, 1.82) is 0 Å². The second kappa shape index (κ2) is 11.7. The predicted octanol–water partition coefficient (Wildman–Crippen LogP) is 4.17. The van der Waals surface area contributed by atoms with Crippen molar-refractivity contribution in [2.24, 2.45) is 0 Å². The largest absolute Gasteiger partial charge is 0.377 e. The summed E-state index contributed by atoms with van der Waals surface area (Å²) in [6.07, 6.45) is 2.08. The van der Waals surface area contributed by atoms with E-state index in [0.717, 1.165) is 29.4 Å². The first-order valence-electron chi connectivity index (χ1n) is 11.3. The summed E-state index contributed by atoms with van der Waals surface area (Å²) in [6, 6.07) is 9.58. The van der Waals surface area contributed by atoms with Crippen molar-refractivity contribution in [3.8, 4) is 11.4 Å². The highest BCUT2D eigenvalue weighted by atomic mass is 32.2. The Balaban J connectivity index is 1.87. The standard InChI is InChI=1S/C24H35N5O3S/c1-6-25-23(30)27-19-9-7-18(8-10-19)22-26-20(15-32-24(3,4)16-33-5)13-21(28-22)29-11-12-31-14-17(29)2/h7-10,13,17H,6,11-12,14-16H2,1-5H3,(H2,25,27,30)/t17-/m0/s1. The van der Waals surface area contributed by atoms with E-state index in [-0.39, 0.29) is 17.7 Å². The molecule has 0 spiro atoms. The van der Waals surface area contributed by atoms with Crippen molar-refractivity contribution in [3.63, 3.8) is 0 Å². The first kappa shape index (κ1) is 25.3. The van der Waals surface area contributed by atoms with Gasteiger partial charge in [-0.1, -0.05) is 0 Å². The molecule has 2 aromatic rings. The number of amides is 2. The number of anilines is 2. The molecule has 8 nitrogen and oxygen atoms in total. The molecule has 2 heterocycles. The molecule has 33 heavy (non-hydrogen) atoms. The Kier molecular flexibility index (Phi) is 8.94. The third-order valence-corrected chi connectivity index (χ3v) is 6.25. The monoisotopic (exact) mass is 473 g/mol. The van der Waals surface area contributed by atoms with Crippen LogP contribution in [0.15, 0.2) is 30.3 Å². The third kappa shape index (κ3) is 7.31. The van der Waals surface area contributed by atoms with Crippen molar-refractivity contribution in [2.75, 3.05) is 48.5 Å². The number of benzene rings is 1. The summed E-state index contributed by atoms with van der Waals surface area (Å²) in [6.45, 7) is 11.3. The Morgan fingerprint density at radius 3 is 2.73 bits per heavy atom. The van der Waals surface area contributed by atoms with Crippen LogP contribution in [0.2, 0.25) is 0 Å². The van der Waals surface area contributed by atoms with E-state index in [2.05, 4.69) is 42.6 Å². The van der Waals surface area contributed by atoms with Crippen LogP contribution in [0.4, 0.5) is 16.3 Å². The van der Waals surface area contributed by atoms with Crippen LogP contribution < -0.4 is 15.5 Å². The molecule has 0 radical (unpaired) electrons. The SMILES string of the molecule is CCNC(=O)Nc1ccc(-c2nc(COC(C)(C)CSC)cc(N3CCOC[C@@H]3C)n2)cc1. The van der Waals surface area contributed by atoms with Gasteiger partial charge < -0.3 is 25.0 Å². The van der Waals surface area contributed by atoms with Gasteiger partial charge in [0.2, 0.25) is 0 Å². The zero-order chi connectivity index (χ0) is 23.8. The maximum absolute atomic E-state index is 11.8. The molecule has 0 aliphatic carbocycles. The van der Waals surface area contributed by atoms with E-state index in [0.29, 0.717) is 37.9 Å². The smallest absolute Gasteiger partial charge is 0.319 e. The molecule has 0 bridgehead atoms. The van der Waals surface area contributed by atoms with Gasteiger partial charge >= 0.3 is 6.03 Å². The lowest BCUT2D eigenvalue weighted by Gasteiger charge is -2.34. The van der Waals surface area contributed by atoms with Gasteiger partial charge in [0.15, 0.2) is 5.82 Å². The van der Waals surface area contributed by atoms with Gasteiger partial charge in [0, 0.05) is 36.2 Å². The lowest BCUT2D eigenvalue weighted by Crippen LogP contribution is -2.44. The van der Waals surface area contributed by atoms with E-state index in [9.17, 15) is 4.79 Å². The predicted molar refractivity (Wildman–Crippen MR) is 135 cm³/mol. The second-order valence-electron chi connectivity index (χ2n) is 8.70. The number of morpholine rings is 1. The minimum Gasteiger partial charge on any atom is -0.377 e. The van der Waals surface area contributed by atoms with Crippen LogP contribution >= 0.6 is 11.8 Å². The van der Waals surface area contributed by atoms with Gasteiger partial charge in [-0.05, 0) is 58.2 Å². The number of thioether (sulfide) groups is 1. The zero-order valence-electron chi connectivity index (χ0n) is 20.2. The Hall–Kier alpha value is -2.36. The Bertz CT molecular complexity index is 923.